The van der Waals surface area contributed by atoms with Gasteiger partial charge in [0.2, 0.25) is 0 Å². The molecule has 1 aromatic heterocycles. The minimum Gasteiger partial charge on any atom is -0.256 e. The fourth-order valence-electron chi connectivity index (χ4n) is 1.50. The fraction of sp³-hybridized carbons (Fsp3) is 0.154. The monoisotopic (exact) mass is 261 g/mol. The molecule has 2 rings (SSSR count). The van der Waals surface area contributed by atoms with E-state index < -0.39 is 0 Å². The van der Waals surface area contributed by atoms with Gasteiger partial charge in [-0.15, -0.1) is 0 Å². The second-order valence-electron chi connectivity index (χ2n) is 3.45. The normalized spacial score (nSPS) is 13.5. The van der Waals surface area contributed by atoms with Crippen LogP contribution in [0.25, 0.3) is 17.0 Å². The molecule has 1 atom stereocenters. The highest BCUT2D eigenvalue weighted by atomic mass is 79.9. The summed E-state index contributed by atoms with van der Waals surface area (Å²) in [6, 6.07) is 10.2. The predicted octanol–water partition coefficient (Wildman–Crippen LogP) is 4.03. The highest BCUT2D eigenvalue weighted by Gasteiger charge is 1.97. The third-order valence-electron chi connectivity index (χ3n) is 2.22. The zero-order valence-corrected chi connectivity index (χ0v) is 10.1. The number of nitrogens with zero attached hydrogens (tertiary/aromatic N) is 1. The van der Waals surface area contributed by atoms with Gasteiger partial charge in [0.05, 0.1) is 5.52 Å². The number of pyridine rings is 1. The van der Waals surface area contributed by atoms with E-state index in [-0.39, 0.29) is 0 Å². The number of benzene rings is 1. The molecule has 2 heteroatoms. The molecule has 1 unspecified atom stereocenters. The fourth-order valence-corrected chi connectivity index (χ4v) is 1.65. The predicted molar refractivity (Wildman–Crippen MR) is 69.2 cm³/mol. The number of hydrogen-bond acceptors (Lipinski definition) is 1. The van der Waals surface area contributed by atoms with Crippen LogP contribution >= 0.6 is 15.9 Å². The number of hydrogen-bond donors (Lipinski definition) is 0. The van der Waals surface area contributed by atoms with Crippen molar-refractivity contribution < 1.29 is 0 Å². The van der Waals surface area contributed by atoms with E-state index >= 15 is 0 Å². The van der Waals surface area contributed by atoms with E-state index in [9.17, 15) is 0 Å². The van der Waals surface area contributed by atoms with Crippen LogP contribution < -0.4 is 0 Å². The third-order valence-corrected chi connectivity index (χ3v) is 2.53. The van der Waals surface area contributed by atoms with Crippen LogP contribution in [-0.2, 0) is 0 Å². The molecule has 0 aliphatic rings. The molecule has 15 heavy (non-hydrogen) atoms. The molecule has 0 radical (unpaired) electrons. The molecular formula is C13H12BrN. The lowest BCUT2D eigenvalue weighted by atomic mass is 10.1. The van der Waals surface area contributed by atoms with E-state index in [0.717, 1.165) is 5.52 Å². The van der Waals surface area contributed by atoms with Crippen molar-refractivity contribution in [2.75, 3.05) is 0 Å². The first-order valence-electron chi connectivity index (χ1n) is 4.93. The zero-order chi connectivity index (χ0) is 10.7. The van der Waals surface area contributed by atoms with Gasteiger partial charge in [0.15, 0.2) is 0 Å². The van der Waals surface area contributed by atoms with Crippen LogP contribution in [0.15, 0.2) is 42.6 Å². The van der Waals surface area contributed by atoms with Gasteiger partial charge in [-0.1, -0.05) is 46.3 Å². The smallest absolute Gasteiger partial charge is 0.0707 e. The van der Waals surface area contributed by atoms with Crippen molar-refractivity contribution in [3.8, 4) is 0 Å². The molecule has 76 valence electrons. The lowest BCUT2D eigenvalue weighted by molar-refractivity contribution is 1.28. The van der Waals surface area contributed by atoms with Crippen molar-refractivity contribution in [2.24, 2.45) is 0 Å². The summed E-state index contributed by atoms with van der Waals surface area (Å²) in [5.74, 6) is 0. The molecule has 0 N–H and O–H groups in total. The van der Waals surface area contributed by atoms with E-state index in [4.69, 9.17) is 0 Å². The number of allylic oxidation sites excluding steroid dienone is 1. The molecule has 1 heterocycles. The highest BCUT2D eigenvalue weighted by Crippen LogP contribution is 2.18. The van der Waals surface area contributed by atoms with Gasteiger partial charge in [-0.2, -0.15) is 0 Å². The molecular weight excluding hydrogens is 250 g/mol. The second-order valence-corrected chi connectivity index (χ2v) is 4.90. The molecule has 1 aromatic carbocycles. The maximum Gasteiger partial charge on any atom is 0.0707 e. The maximum absolute atomic E-state index is 4.32. The van der Waals surface area contributed by atoms with Gasteiger partial charge in [-0.3, -0.25) is 4.98 Å². The van der Waals surface area contributed by atoms with Crippen molar-refractivity contribution in [1.82, 2.24) is 4.98 Å². The summed E-state index contributed by atoms with van der Waals surface area (Å²) in [6.07, 6.45) is 6.10. The van der Waals surface area contributed by atoms with E-state index in [0.29, 0.717) is 4.83 Å². The van der Waals surface area contributed by atoms with Crippen LogP contribution in [0.4, 0.5) is 0 Å². The van der Waals surface area contributed by atoms with Gasteiger partial charge < -0.3 is 0 Å². The van der Waals surface area contributed by atoms with Gasteiger partial charge in [0.25, 0.3) is 0 Å². The first kappa shape index (κ1) is 10.4. The van der Waals surface area contributed by atoms with Crippen LogP contribution in [0.1, 0.15) is 12.5 Å². The van der Waals surface area contributed by atoms with Crippen molar-refractivity contribution in [3.05, 3.63) is 48.2 Å². The summed E-state index contributed by atoms with van der Waals surface area (Å²) in [5, 5.41) is 1.20. The van der Waals surface area contributed by atoms with Crippen LogP contribution in [0.5, 0.6) is 0 Å². The minimum absolute atomic E-state index is 0.393. The van der Waals surface area contributed by atoms with Gasteiger partial charge in [-0.05, 0) is 24.6 Å². The van der Waals surface area contributed by atoms with Gasteiger partial charge >= 0.3 is 0 Å². The summed E-state index contributed by atoms with van der Waals surface area (Å²) in [4.78, 5) is 4.72. The topological polar surface area (TPSA) is 12.9 Å². The lowest BCUT2D eigenvalue weighted by Gasteiger charge is -2.01. The van der Waals surface area contributed by atoms with Crippen LogP contribution in [-0.4, -0.2) is 9.81 Å². The molecule has 2 aromatic rings. The van der Waals surface area contributed by atoms with E-state index in [2.05, 4.69) is 46.1 Å². The van der Waals surface area contributed by atoms with E-state index in [1.54, 1.807) is 0 Å². The summed E-state index contributed by atoms with van der Waals surface area (Å²) in [7, 11) is 0. The van der Waals surface area contributed by atoms with E-state index in [1.807, 2.05) is 30.5 Å². The molecule has 0 bridgehead atoms. The quantitative estimate of drug-likeness (QED) is 0.744. The van der Waals surface area contributed by atoms with Crippen molar-refractivity contribution in [2.45, 2.75) is 11.8 Å². The molecule has 0 spiro atoms. The summed E-state index contributed by atoms with van der Waals surface area (Å²) in [5.41, 5.74) is 2.26. The SMILES string of the molecule is CC(Br)/C=C/c1ccnc2ccccc12. The molecule has 0 saturated heterocycles. The number of alkyl halides is 1. The average Bonchev–Trinajstić information content (AvgIpc) is 2.26. The minimum atomic E-state index is 0.393. The Balaban J connectivity index is 2.51. The molecule has 0 aliphatic heterocycles. The largest absolute Gasteiger partial charge is 0.256 e. The first-order chi connectivity index (χ1) is 7.27. The standard InChI is InChI=1S/C13H12BrN/c1-10(14)6-7-11-8-9-15-13-5-3-2-4-12(11)13/h2-10H,1H3/b7-6+. The molecule has 0 fully saturated rings. The number of para-hydroxylation sites is 1. The number of halogens is 1. The first-order valence-corrected chi connectivity index (χ1v) is 5.85. The summed E-state index contributed by atoms with van der Waals surface area (Å²) >= 11 is 3.49. The molecule has 0 amide bonds. The number of fused-ring (bicyclic) bond motifs is 1. The highest BCUT2D eigenvalue weighted by molar-refractivity contribution is 9.09. The average molecular weight is 262 g/mol. The van der Waals surface area contributed by atoms with Crippen molar-refractivity contribution in [1.29, 1.82) is 0 Å². The zero-order valence-electron chi connectivity index (χ0n) is 8.52. The van der Waals surface area contributed by atoms with E-state index in [1.165, 1.54) is 10.9 Å². The van der Waals surface area contributed by atoms with Gasteiger partial charge in [0.1, 0.15) is 0 Å². The number of aromatic nitrogens is 1. The summed E-state index contributed by atoms with van der Waals surface area (Å²) < 4.78 is 0. The number of rotatable bonds is 2. The van der Waals surface area contributed by atoms with Crippen molar-refractivity contribution in [3.63, 3.8) is 0 Å². The van der Waals surface area contributed by atoms with Gasteiger partial charge in [-0.25, -0.2) is 0 Å². The Hall–Kier alpha value is -1.15. The maximum atomic E-state index is 4.32. The Morgan fingerprint density at radius 3 is 2.87 bits per heavy atom. The third kappa shape index (κ3) is 2.45. The molecule has 0 aliphatic carbocycles. The Labute approximate surface area is 98.0 Å². The van der Waals surface area contributed by atoms with Gasteiger partial charge in [0, 0.05) is 16.4 Å². The van der Waals surface area contributed by atoms with Crippen LogP contribution in [0, 0.1) is 0 Å². The Morgan fingerprint density at radius 2 is 2.07 bits per heavy atom. The Bertz CT molecular complexity index is 483. The van der Waals surface area contributed by atoms with Crippen LogP contribution in [0.2, 0.25) is 0 Å². The van der Waals surface area contributed by atoms with Crippen molar-refractivity contribution >= 4 is 32.9 Å². The Morgan fingerprint density at radius 1 is 1.27 bits per heavy atom. The summed E-state index contributed by atoms with van der Waals surface area (Å²) in [6.45, 7) is 2.10. The lowest BCUT2D eigenvalue weighted by Crippen LogP contribution is -1.84. The Kier molecular flexibility index (Phi) is 3.17. The second kappa shape index (κ2) is 4.58. The molecule has 1 nitrogen and oxygen atoms in total. The molecule has 0 saturated carbocycles. The van der Waals surface area contributed by atoms with Crippen LogP contribution in [0.3, 0.4) is 0 Å².